The molecule has 1 aromatic heterocycles. The lowest BCUT2D eigenvalue weighted by Gasteiger charge is -2.17. The van der Waals surface area contributed by atoms with Crippen LogP contribution in [0.2, 0.25) is 0 Å². The van der Waals surface area contributed by atoms with Crippen LogP contribution < -0.4 is 0 Å². The van der Waals surface area contributed by atoms with Gasteiger partial charge in [0.2, 0.25) is 0 Å². The Balaban J connectivity index is 2.04. The van der Waals surface area contributed by atoms with Crippen molar-refractivity contribution in [3.63, 3.8) is 0 Å². The van der Waals surface area contributed by atoms with Crippen molar-refractivity contribution in [2.24, 2.45) is 0 Å². The summed E-state index contributed by atoms with van der Waals surface area (Å²) in [6, 6.07) is 7.91. The van der Waals surface area contributed by atoms with E-state index in [1.807, 2.05) is 42.8 Å². The molecule has 1 N–H and O–H groups in total. The van der Waals surface area contributed by atoms with Gasteiger partial charge >= 0.3 is 0 Å². The first-order valence-electron chi connectivity index (χ1n) is 7.67. The third-order valence-corrected chi connectivity index (χ3v) is 4.91. The number of hydrogen-bond donors (Lipinski definition) is 1. The van der Waals surface area contributed by atoms with Crippen molar-refractivity contribution in [1.29, 1.82) is 0 Å². The first-order valence-corrected chi connectivity index (χ1v) is 9.22. The largest absolute Gasteiger partial charge is 0.394 e. The molecule has 0 aliphatic carbocycles. The van der Waals surface area contributed by atoms with Crippen LogP contribution in [0.3, 0.4) is 0 Å². The molecule has 1 unspecified atom stereocenters. The smallest absolute Gasteiger partial charge is 0.0644 e. The molecule has 1 atom stereocenters. The van der Waals surface area contributed by atoms with Gasteiger partial charge in [-0.1, -0.05) is 12.1 Å². The zero-order valence-corrected chi connectivity index (χ0v) is 15.1. The standard InChI is InChI=1S/C17H25N3O2S/c1-13-17(14(2)20(18-13)9-10-21)12-19(3)11-15-5-7-16(8-6-15)23(4)22/h5-8,21H,9-12H2,1-4H3. The van der Waals surface area contributed by atoms with Crippen LogP contribution in [0.5, 0.6) is 0 Å². The Hall–Kier alpha value is -1.50. The molecule has 23 heavy (non-hydrogen) atoms. The zero-order valence-electron chi connectivity index (χ0n) is 14.2. The van der Waals surface area contributed by atoms with Crippen LogP contribution >= 0.6 is 0 Å². The van der Waals surface area contributed by atoms with E-state index in [0.29, 0.717) is 6.54 Å². The number of nitrogens with zero attached hydrogens (tertiary/aromatic N) is 3. The molecule has 0 amide bonds. The van der Waals surface area contributed by atoms with E-state index >= 15 is 0 Å². The molecule has 126 valence electrons. The van der Waals surface area contributed by atoms with Crippen LogP contribution in [0.15, 0.2) is 29.2 Å². The summed E-state index contributed by atoms with van der Waals surface area (Å²) in [5.41, 5.74) is 4.53. The van der Waals surface area contributed by atoms with E-state index in [0.717, 1.165) is 29.4 Å². The predicted octanol–water partition coefficient (Wildman–Crippen LogP) is 1.86. The van der Waals surface area contributed by atoms with Crippen LogP contribution in [-0.2, 0) is 30.4 Å². The average molecular weight is 335 g/mol. The molecule has 0 aliphatic heterocycles. The molecule has 6 heteroatoms. The third kappa shape index (κ3) is 4.50. The molecule has 0 radical (unpaired) electrons. The minimum absolute atomic E-state index is 0.0996. The van der Waals surface area contributed by atoms with E-state index in [2.05, 4.69) is 17.0 Å². The fourth-order valence-electron chi connectivity index (χ4n) is 2.70. The van der Waals surface area contributed by atoms with Gasteiger partial charge in [-0.25, -0.2) is 0 Å². The van der Waals surface area contributed by atoms with Crippen LogP contribution in [0.25, 0.3) is 0 Å². The number of aliphatic hydroxyl groups is 1. The highest BCUT2D eigenvalue weighted by Crippen LogP contribution is 2.17. The van der Waals surface area contributed by atoms with Gasteiger partial charge in [0.05, 0.1) is 18.8 Å². The molecular weight excluding hydrogens is 310 g/mol. The van der Waals surface area contributed by atoms with E-state index in [4.69, 9.17) is 5.11 Å². The Labute approximate surface area is 140 Å². The molecule has 1 heterocycles. The topological polar surface area (TPSA) is 58.4 Å². The molecular formula is C17H25N3O2S. The van der Waals surface area contributed by atoms with Gasteiger partial charge in [0.1, 0.15) is 0 Å². The van der Waals surface area contributed by atoms with Crippen LogP contribution in [0, 0.1) is 13.8 Å². The van der Waals surface area contributed by atoms with E-state index in [9.17, 15) is 4.21 Å². The second kappa shape index (κ2) is 7.86. The number of benzene rings is 1. The van der Waals surface area contributed by atoms with Crippen LogP contribution in [0.4, 0.5) is 0 Å². The number of hydrogen-bond acceptors (Lipinski definition) is 4. The average Bonchev–Trinajstić information content (AvgIpc) is 2.76. The maximum atomic E-state index is 11.4. The molecule has 0 saturated carbocycles. The lowest BCUT2D eigenvalue weighted by Crippen LogP contribution is -2.18. The van der Waals surface area contributed by atoms with Gasteiger partial charge < -0.3 is 5.11 Å². The number of aliphatic hydroxyl groups excluding tert-OH is 1. The van der Waals surface area contributed by atoms with Crippen LogP contribution in [0.1, 0.15) is 22.5 Å². The highest BCUT2D eigenvalue weighted by atomic mass is 32.2. The Bertz CT molecular complexity index is 680. The normalized spacial score (nSPS) is 12.8. The molecule has 0 bridgehead atoms. The highest BCUT2D eigenvalue weighted by Gasteiger charge is 2.13. The maximum absolute atomic E-state index is 11.4. The van der Waals surface area contributed by atoms with Gasteiger partial charge in [0.25, 0.3) is 0 Å². The number of aromatic nitrogens is 2. The highest BCUT2D eigenvalue weighted by molar-refractivity contribution is 7.84. The lowest BCUT2D eigenvalue weighted by atomic mass is 10.1. The summed E-state index contributed by atoms with van der Waals surface area (Å²) in [7, 11) is 1.15. The Kier molecular flexibility index (Phi) is 6.10. The Morgan fingerprint density at radius 2 is 1.87 bits per heavy atom. The van der Waals surface area contributed by atoms with Crippen molar-refractivity contribution in [3.05, 3.63) is 46.8 Å². The molecule has 0 spiro atoms. The summed E-state index contributed by atoms with van der Waals surface area (Å²) in [4.78, 5) is 3.09. The monoisotopic (exact) mass is 335 g/mol. The van der Waals surface area contributed by atoms with E-state index in [-0.39, 0.29) is 6.61 Å². The first kappa shape index (κ1) is 17.8. The molecule has 2 rings (SSSR count). The maximum Gasteiger partial charge on any atom is 0.0644 e. The molecule has 0 aliphatic rings. The Morgan fingerprint density at radius 3 is 2.43 bits per heavy atom. The summed E-state index contributed by atoms with van der Waals surface area (Å²) in [5.74, 6) is 0. The Morgan fingerprint density at radius 1 is 1.22 bits per heavy atom. The van der Waals surface area contributed by atoms with E-state index in [1.54, 1.807) is 6.26 Å². The molecule has 0 saturated heterocycles. The SMILES string of the molecule is Cc1nn(CCO)c(C)c1CN(C)Cc1ccc(S(C)=O)cc1. The number of aryl methyl sites for hydroxylation is 1. The van der Waals surface area contributed by atoms with Gasteiger partial charge in [-0.15, -0.1) is 0 Å². The lowest BCUT2D eigenvalue weighted by molar-refractivity contribution is 0.267. The molecule has 0 fully saturated rings. The summed E-state index contributed by atoms with van der Waals surface area (Å²) < 4.78 is 13.3. The molecule has 1 aromatic carbocycles. The summed E-state index contributed by atoms with van der Waals surface area (Å²) in [6.07, 6.45) is 1.69. The van der Waals surface area contributed by atoms with Gasteiger partial charge in [0, 0.05) is 46.3 Å². The predicted molar refractivity (Wildman–Crippen MR) is 92.7 cm³/mol. The van der Waals surface area contributed by atoms with Crippen molar-refractivity contribution >= 4 is 10.8 Å². The van der Waals surface area contributed by atoms with Crippen molar-refractivity contribution in [2.75, 3.05) is 19.9 Å². The van der Waals surface area contributed by atoms with Gasteiger partial charge in [-0.2, -0.15) is 5.10 Å². The van der Waals surface area contributed by atoms with E-state index < -0.39 is 10.8 Å². The van der Waals surface area contributed by atoms with Crippen molar-refractivity contribution in [3.8, 4) is 0 Å². The van der Waals surface area contributed by atoms with Gasteiger partial charge in [0.15, 0.2) is 0 Å². The van der Waals surface area contributed by atoms with Gasteiger partial charge in [-0.05, 0) is 38.6 Å². The molecule has 5 nitrogen and oxygen atoms in total. The molecule has 2 aromatic rings. The second-order valence-electron chi connectivity index (χ2n) is 5.87. The number of rotatable bonds is 7. The van der Waals surface area contributed by atoms with E-state index in [1.165, 1.54) is 11.1 Å². The van der Waals surface area contributed by atoms with Crippen molar-refractivity contribution in [1.82, 2.24) is 14.7 Å². The third-order valence-electron chi connectivity index (χ3n) is 3.98. The van der Waals surface area contributed by atoms with Gasteiger partial charge in [-0.3, -0.25) is 13.8 Å². The summed E-state index contributed by atoms with van der Waals surface area (Å²) >= 11 is 0. The summed E-state index contributed by atoms with van der Waals surface area (Å²) in [5, 5.41) is 13.6. The minimum Gasteiger partial charge on any atom is -0.394 e. The fraction of sp³-hybridized carbons (Fsp3) is 0.471. The zero-order chi connectivity index (χ0) is 17.0. The van der Waals surface area contributed by atoms with Crippen molar-refractivity contribution < 1.29 is 9.32 Å². The fourth-order valence-corrected chi connectivity index (χ4v) is 3.22. The minimum atomic E-state index is -0.932. The first-order chi connectivity index (χ1) is 10.9. The second-order valence-corrected chi connectivity index (χ2v) is 7.25. The summed E-state index contributed by atoms with van der Waals surface area (Å²) in [6.45, 7) is 6.32. The quantitative estimate of drug-likeness (QED) is 0.839. The van der Waals surface area contributed by atoms with Crippen molar-refractivity contribution in [2.45, 2.75) is 38.4 Å². The van der Waals surface area contributed by atoms with Crippen LogP contribution in [-0.4, -0.2) is 43.9 Å².